The van der Waals surface area contributed by atoms with Crippen LogP contribution in [0.4, 0.5) is 10.5 Å². The molecule has 5 heteroatoms. The van der Waals surface area contributed by atoms with E-state index in [9.17, 15) is 9.59 Å². The first-order chi connectivity index (χ1) is 12.7. The quantitative estimate of drug-likeness (QED) is 0.862. The first-order valence-electron chi connectivity index (χ1n) is 9.25. The van der Waals surface area contributed by atoms with Crippen molar-refractivity contribution < 1.29 is 9.59 Å². The number of carbonyl (C=O) groups is 2. The Morgan fingerprint density at radius 3 is 2.19 bits per heavy atom. The van der Waals surface area contributed by atoms with Crippen LogP contribution in [0.15, 0.2) is 54.6 Å². The number of nitrogens with one attached hydrogen (secondary N) is 1. The Balaban J connectivity index is 1.48. The third kappa shape index (κ3) is 3.35. The van der Waals surface area contributed by atoms with E-state index in [2.05, 4.69) is 10.2 Å². The number of amides is 3. The Kier molecular flexibility index (Phi) is 4.71. The molecule has 2 fully saturated rings. The highest BCUT2D eigenvalue weighted by atomic mass is 16.2. The normalized spacial score (nSPS) is 21.1. The molecule has 0 spiro atoms. The van der Waals surface area contributed by atoms with E-state index in [-0.39, 0.29) is 11.9 Å². The fraction of sp³-hybridized carbons (Fsp3) is 0.333. The maximum Gasteiger partial charge on any atom is 0.329 e. The second-order valence-electron chi connectivity index (χ2n) is 6.95. The van der Waals surface area contributed by atoms with Gasteiger partial charge in [-0.15, -0.1) is 0 Å². The average Bonchev–Trinajstić information content (AvgIpc) is 2.97. The van der Waals surface area contributed by atoms with E-state index in [1.807, 2.05) is 54.6 Å². The number of hydrogen-bond acceptors (Lipinski definition) is 3. The maximum absolute atomic E-state index is 12.8. The molecule has 0 bridgehead atoms. The van der Waals surface area contributed by atoms with Crippen LogP contribution in [0.3, 0.4) is 0 Å². The minimum absolute atomic E-state index is 0.159. The standard InChI is InChI=1S/C21H23N3O2/c25-20-19(15-23-13-5-2-6-14-23)22-21(26)24(20)18-11-9-17(10-12-18)16-7-3-1-4-8-16/h1,3-4,7-12,19H,2,5-6,13-15H2,(H,22,26). The van der Waals surface area contributed by atoms with Gasteiger partial charge in [-0.05, 0) is 49.2 Å². The smallest absolute Gasteiger partial charge is 0.324 e. The first kappa shape index (κ1) is 16.8. The van der Waals surface area contributed by atoms with Gasteiger partial charge in [0.25, 0.3) is 5.91 Å². The Bertz CT molecular complexity index is 783. The molecule has 1 unspecified atom stereocenters. The predicted octanol–water partition coefficient (Wildman–Crippen LogP) is 3.26. The molecule has 2 saturated heterocycles. The lowest BCUT2D eigenvalue weighted by atomic mass is 10.1. The molecule has 1 N–H and O–H groups in total. The summed E-state index contributed by atoms with van der Waals surface area (Å²) in [6, 6.07) is 16.8. The second-order valence-corrected chi connectivity index (χ2v) is 6.95. The summed E-state index contributed by atoms with van der Waals surface area (Å²) >= 11 is 0. The van der Waals surface area contributed by atoms with Crippen molar-refractivity contribution >= 4 is 17.6 Å². The van der Waals surface area contributed by atoms with E-state index in [1.165, 1.54) is 24.2 Å². The molecule has 0 radical (unpaired) electrons. The largest absolute Gasteiger partial charge is 0.329 e. The van der Waals surface area contributed by atoms with Gasteiger partial charge in [0.15, 0.2) is 0 Å². The molecule has 26 heavy (non-hydrogen) atoms. The maximum atomic E-state index is 12.8. The SMILES string of the molecule is O=C1NC(CN2CCCCC2)C(=O)N1c1ccc(-c2ccccc2)cc1. The highest BCUT2D eigenvalue weighted by molar-refractivity contribution is 6.21. The Hall–Kier alpha value is -2.66. The summed E-state index contributed by atoms with van der Waals surface area (Å²) in [7, 11) is 0. The van der Waals surface area contributed by atoms with Crippen molar-refractivity contribution in [2.75, 3.05) is 24.5 Å². The number of rotatable bonds is 4. The highest BCUT2D eigenvalue weighted by Gasteiger charge is 2.39. The van der Waals surface area contributed by atoms with Crippen molar-refractivity contribution in [3.8, 4) is 11.1 Å². The number of urea groups is 1. The summed E-state index contributed by atoms with van der Waals surface area (Å²) in [5, 5.41) is 2.84. The molecule has 2 aromatic rings. The summed E-state index contributed by atoms with van der Waals surface area (Å²) in [4.78, 5) is 28.7. The van der Waals surface area contributed by atoms with E-state index >= 15 is 0 Å². The van der Waals surface area contributed by atoms with Gasteiger partial charge in [0, 0.05) is 6.54 Å². The van der Waals surface area contributed by atoms with Crippen LogP contribution in [0.25, 0.3) is 11.1 Å². The number of piperidine rings is 1. The molecule has 1 atom stereocenters. The Morgan fingerprint density at radius 2 is 1.50 bits per heavy atom. The topological polar surface area (TPSA) is 52.7 Å². The molecule has 0 aliphatic carbocycles. The molecule has 3 amide bonds. The molecule has 134 valence electrons. The van der Waals surface area contributed by atoms with Crippen LogP contribution in [-0.4, -0.2) is 42.5 Å². The molecule has 2 aliphatic heterocycles. The lowest BCUT2D eigenvalue weighted by Gasteiger charge is -2.28. The number of imide groups is 1. The van der Waals surface area contributed by atoms with E-state index < -0.39 is 6.04 Å². The minimum Gasteiger partial charge on any atom is -0.324 e. The molecular formula is C21H23N3O2. The van der Waals surface area contributed by atoms with Crippen molar-refractivity contribution in [1.82, 2.24) is 10.2 Å². The fourth-order valence-electron chi connectivity index (χ4n) is 3.73. The van der Waals surface area contributed by atoms with Gasteiger partial charge >= 0.3 is 6.03 Å². The van der Waals surface area contributed by atoms with Crippen molar-refractivity contribution in [3.63, 3.8) is 0 Å². The van der Waals surface area contributed by atoms with Crippen LogP contribution in [0, 0.1) is 0 Å². The summed E-state index contributed by atoms with van der Waals surface area (Å²) in [5.41, 5.74) is 2.79. The van der Waals surface area contributed by atoms with Crippen molar-refractivity contribution in [2.45, 2.75) is 25.3 Å². The lowest BCUT2D eigenvalue weighted by molar-refractivity contribution is -0.118. The molecule has 4 rings (SSSR count). The number of likely N-dealkylation sites (tertiary alicyclic amines) is 1. The van der Waals surface area contributed by atoms with Crippen LogP contribution in [-0.2, 0) is 4.79 Å². The molecule has 0 saturated carbocycles. The zero-order chi connectivity index (χ0) is 17.9. The van der Waals surface area contributed by atoms with Crippen molar-refractivity contribution in [3.05, 3.63) is 54.6 Å². The average molecular weight is 349 g/mol. The third-order valence-electron chi connectivity index (χ3n) is 5.14. The molecule has 2 aliphatic rings. The Labute approximate surface area is 153 Å². The molecule has 5 nitrogen and oxygen atoms in total. The number of benzene rings is 2. The van der Waals surface area contributed by atoms with E-state index in [0.717, 1.165) is 24.2 Å². The zero-order valence-electron chi connectivity index (χ0n) is 14.7. The lowest BCUT2D eigenvalue weighted by Crippen LogP contribution is -2.44. The van der Waals surface area contributed by atoms with Gasteiger partial charge in [-0.25, -0.2) is 9.69 Å². The van der Waals surface area contributed by atoms with Crippen molar-refractivity contribution in [2.24, 2.45) is 0 Å². The summed E-state index contributed by atoms with van der Waals surface area (Å²) in [5.74, 6) is -0.159. The van der Waals surface area contributed by atoms with E-state index in [1.54, 1.807) is 0 Å². The van der Waals surface area contributed by atoms with Gasteiger partial charge in [0.1, 0.15) is 6.04 Å². The summed E-state index contributed by atoms with van der Waals surface area (Å²) < 4.78 is 0. The van der Waals surface area contributed by atoms with Crippen LogP contribution in [0.2, 0.25) is 0 Å². The van der Waals surface area contributed by atoms with Gasteiger partial charge < -0.3 is 10.2 Å². The molecule has 2 heterocycles. The number of anilines is 1. The van der Waals surface area contributed by atoms with Gasteiger partial charge in [-0.1, -0.05) is 48.9 Å². The van der Waals surface area contributed by atoms with Crippen LogP contribution < -0.4 is 10.2 Å². The van der Waals surface area contributed by atoms with E-state index in [0.29, 0.717) is 12.2 Å². The zero-order valence-corrected chi connectivity index (χ0v) is 14.7. The number of hydrogen-bond donors (Lipinski definition) is 1. The van der Waals surface area contributed by atoms with Crippen LogP contribution in [0.1, 0.15) is 19.3 Å². The van der Waals surface area contributed by atoms with Gasteiger partial charge in [-0.3, -0.25) is 4.79 Å². The first-order valence-corrected chi connectivity index (χ1v) is 9.25. The van der Waals surface area contributed by atoms with Gasteiger partial charge in [0.2, 0.25) is 0 Å². The van der Waals surface area contributed by atoms with Gasteiger partial charge in [0.05, 0.1) is 5.69 Å². The molecule has 2 aromatic carbocycles. The molecular weight excluding hydrogens is 326 g/mol. The minimum atomic E-state index is -0.450. The van der Waals surface area contributed by atoms with Crippen LogP contribution in [0.5, 0.6) is 0 Å². The number of nitrogens with zero attached hydrogens (tertiary/aromatic N) is 2. The third-order valence-corrected chi connectivity index (χ3v) is 5.14. The predicted molar refractivity (Wildman–Crippen MR) is 102 cm³/mol. The monoisotopic (exact) mass is 349 g/mol. The highest BCUT2D eigenvalue weighted by Crippen LogP contribution is 2.25. The van der Waals surface area contributed by atoms with Gasteiger partial charge in [-0.2, -0.15) is 0 Å². The van der Waals surface area contributed by atoms with Crippen LogP contribution >= 0.6 is 0 Å². The second kappa shape index (κ2) is 7.30. The number of carbonyl (C=O) groups excluding carboxylic acids is 2. The summed E-state index contributed by atoms with van der Waals surface area (Å²) in [6.07, 6.45) is 3.58. The summed E-state index contributed by atoms with van der Waals surface area (Å²) in [6.45, 7) is 2.61. The van der Waals surface area contributed by atoms with E-state index in [4.69, 9.17) is 0 Å². The van der Waals surface area contributed by atoms with Crippen molar-refractivity contribution in [1.29, 1.82) is 0 Å². The Morgan fingerprint density at radius 1 is 0.846 bits per heavy atom. The fourth-order valence-corrected chi connectivity index (χ4v) is 3.73. The molecule has 0 aromatic heterocycles.